The SMILES string of the molecule is N#Cc1cccc(NC(=O)c2nnc(C(F)(F)F)cc2N2CCCC(F)(F)CC2)c1. The standard InChI is InChI=1S/C19H16F5N5O/c20-18(21)5-2-7-29(8-6-18)14-10-15(19(22,23)24)27-28-16(14)17(30)26-13-4-1-3-12(9-13)11-25/h1,3-4,9-10H,2,5-8H2,(H,26,30). The van der Waals surface area contributed by atoms with Gasteiger partial charge in [-0.05, 0) is 30.7 Å². The molecule has 0 spiro atoms. The highest BCUT2D eigenvalue weighted by molar-refractivity contribution is 6.06. The van der Waals surface area contributed by atoms with Gasteiger partial charge in [0, 0.05) is 31.6 Å². The van der Waals surface area contributed by atoms with Gasteiger partial charge in [0.1, 0.15) is 0 Å². The lowest BCUT2D eigenvalue weighted by Gasteiger charge is -2.25. The molecule has 6 nitrogen and oxygen atoms in total. The monoisotopic (exact) mass is 425 g/mol. The van der Waals surface area contributed by atoms with E-state index < -0.39 is 42.2 Å². The van der Waals surface area contributed by atoms with Crippen LogP contribution in [-0.4, -0.2) is 35.1 Å². The fraction of sp³-hybridized carbons (Fsp3) is 0.368. The summed E-state index contributed by atoms with van der Waals surface area (Å²) in [7, 11) is 0. The van der Waals surface area contributed by atoms with Gasteiger partial charge in [0.05, 0.1) is 17.3 Å². The maximum atomic E-state index is 13.7. The quantitative estimate of drug-likeness (QED) is 0.744. The van der Waals surface area contributed by atoms with Crippen molar-refractivity contribution in [2.45, 2.75) is 31.4 Å². The molecule has 30 heavy (non-hydrogen) atoms. The maximum Gasteiger partial charge on any atom is 0.435 e. The summed E-state index contributed by atoms with van der Waals surface area (Å²) in [6, 6.07) is 8.44. The lowest BCUT2D eigenvalue weighted by Crippen LogP contribution is -2.30. The predicted octanol–water partition coefficient (Wildman–Crippen LogP) is 4.24. The molecule has 1 fully saturated rings. The minimum Gasteiger partial charge on any atom is -0.369 e. The first-order valence-electron chi connectivity index (χ1n) is 8.98. The van der Waals surface area contributed by atoms with Crippen molar-refractivity contribution >= 4 is 17.3 Å². The maximum absolute atomic E-state index is 13.7. The van der Waals surface area contributed by atoms with E-state index in [-0.39, 0.29) is 36.4 Å². The van der Waals surface area contributed by atoms with Gasteiger partial charge in [0.2, 0.25) is 5.92 Å². The Morgan fingerprint density at radius 3 is 2.63 bits per heavy atom. The molecule has 2 aromatic rings. The van der Waals surface area contributed by atoms with Crippen molar-refractivity contribution < 1.29 is 26.7 Å². The van der Waals surface area contributed by atoms with Gasteiger partial charge >= 0.3 is 6.18 Å². The van der Waals surface area contributed by atoms with Crippen LogP contribution in [0.15, 0.2) is 30.3 Å². The minimum atomic E-state index is -4.81. The molecule has 1 saturated heterocycles. The zero-order valence-corrected chi connectivity index (χ0v) is 15.5. The second-order valence-corrected chi connectivity index (χ2v) is 6.80. The number of halogens is 5. The molecule has 1 aromatic heterocycles. The first-order chi connectivity index (χ1) is 14.1. The number of hydrogen-bond acceptors (Lipinski definition) is 5. The lowest BCUT2D eigenvalue weighted by atomic mass is 10.1. The molecule has 3 rings (SSSR count). The van der Waals surface area contributed by atoms with Crippen molar-refractivity contribution in [3.05, 3.63) is 47.3 Å². The second kappa shape index (κ2) is 8.22. The molecule has 11 heteroatoms. The Balaban J connectivity index is 1.96. The highest BCUT2D eigenvalue weighted by Crippen LogP contribution is 2.34. The Morgan fingerprint density at radius 2 is 1.93 bits per heavy atom. The number of carbonyl (C=O) groups is 1. The molecule has 0 aliphatic carbocycles. The summed E-state index contributed by atoms with van der Waals surface area (Å²) in [6.45, 7) is -0.192. The summed E-state index contributed by atoms with van der Waals surface area (Å²) < 4.78 is 66.8. The molecule has 2 heterocycles. The fourth-order valence-electron chi connectivity index (χ4n) is 3.08. The van der Waals surface area contributed by atoms with Crippen LogP contribution in [0.3, 0.4) is 0 Å². The molecule has 1 aliphatic heterocycles. The largest absolute Gasteiger partial charge is 0.435 e. The van der Waals surface area contributed by atoms with Gasteiger partial charge in [-0.2, -0.15) is 18.4 Å². The van der Waals surface area contributed by atoms with E-state index in [9.17, 15) is 26.7 Å². The van der Waals surface area contributed by atoms with Crippen LogP contribution >= 0.6 is 0 Å². The number of amides is 1. The van der Waals surface area contributed by atoms with Gasteiger partial charge in [-0.3, -0.25) is 4.79 Å². The molecule has 1 amide bonds. The molecule has 0 unspecified atom stereocenters. The Kier molecular flexibility index (Phi) is 5.87. The second-order valence-electron chi connectivity index (χ2n) is 6.80. The Bertz CT molecular complexity index is 986. The molecule has 158 valence electrons. The number of nitriles is 1. The van der Waals surface area contributed by atoms with Crippen LogP contribution in [0.4, 0.5) is 33.3 Å². The molecule has 1 aromatic carbocycles. The average Bonchev–Trinajstić information content (AvgIpc) is 2.87. The third-order valence-corrected chi connectivity index (χ3v) is 4.59. The first-order valence-corrected chi connectivity index (χ1v) is 8.98. The average molecular weight is 425 g/mol. The summed E-state index contributed by atoms with van der Waals surface area (Å²) in [6.07, 6.45) is -5.71. The normalized spacial score (nSPS) is 16.5. The first kappa shape index (κ1) is 21.4. The topological polar surface area (TPSA) is 81.9 Å². The van der Waals surface area contributed by atoms with Gasteiger partial charge in [-0.15, -0.1) is 10.2 Å². The van der Waals surface area contributed by atoms with E-state index in [4.69, 9.17) is 5.26 Å². The highest BCUT2D eigenvalue weighted by atomic mass is 19.4. The molecule has 0 saturated carbocycles. The number of alkyl halides is 5. The zero-order valence-electron chi connectivity index (χ0n) is 15.5. The molecule has 0 radical (unpaired) electrons. The van der Waals surface area contributed by atoms with Crippen LogP contribution in [0.2, 0.25) is 0 Å². The smallest absolute Gasteiger partial charge is 0.369 e. The molecular weight excluding hydrogens is 409 g/mol. The van der Waals surface area contributed by atoms with Crippen LogP contribution in [0, 0.1) is 11.3 Å². The van der Waals surface area contributed by atoms with Gasteiger partial charge in [-0.25, -0.2) is 8.78 Å². The highest BCUT2D eigenvalue weighted by Gasteiger charge is 2.37. The lowest BCUT2D eigenvalue weighted by molar-refractivity contribution is -0.141. The summed E-state index contributed by atoms with van der Waals surface area (Å²) in [4.78, 5) is 14.0. The van der Waals surface area contributed by atoms with Crippen molar-refractivity contribution in [2.75, 3.05) is 23.3 Å². The van der Waals surface area contributed by atoms with Gasteiger partial charge < -0.3 is 10.2 Å². The van der Waals surface area contributed by atoms with E-state index in [1.165, 1.54) is 29.2 Å². The van der Waals surface area contributed by atoms with Crippen molar-refractivity contribution in [3.8, 4) is 6.07 Å². The molecule has 0 atom stereocenters. The summed E-state index contributed by atoms with van der Waals surface area (Å²) in [5.74, 6) is -3.79. The minimum absolute atomic E-state index is 0.0436. The number of anilines is 2. The van der Waals surface area contributed by atoms with Crippen molar-refractivity contribution in [3.63, 3.8) is 0 Å². The van der Waals surface area contributed by atoms with Crippen molar-refractivity contribution in [2.24, 2.45) is 0 Å². The number of hydrogen-bond donors (Lipinski definition) is 1. The van der Waals surface area contributed by atoms with Crippen molar-refractivity contribution in [1.29, 1.82) is 5.26 Å². The Hall–Kier alpha value is -3.29. The zero-order chi connectivity index (χ0) is 21.9. The Morgan fingerprint density at radius 1 is 1.17 bits per heavy atom. The van der Waals surface area contributed by atoms with Crippen LogP contribution in [-0.2, 0) is 6.18 Å². The van der Waals surface area contributed by atoms with E-state index in [0.29, 0.717) is 6.07 Å². The van der Waals surface area contributed by atoms with Crippen LogP contribution in [0.5, 0.6) is 0 Å². The van der Waals surface area contributed by atoms with E-state index in [0.717, 1.165) is 0 Å². The number of carbonyl (C=O) groups excluding carboxylic acids is 1. The summed E-state index contributed by atoms with van der Waals surface area (Å²) in [5, 5.41) is 17.9. The van der Waals surface area contributed by atoms with Gasteiger partial charge in [0.25, 0.3) is 5.91 Å². The predicted molar refractivity (Wildman–Crippen MR) is 97.2 cm³/mol. The Labute approximate surface area is 168 Å². The molecule has 0 bridgehead atoms. The van der Waals surface area contributed by atoms with Gasteiger partial charge in [-0.1, -0.05) is 6.07 Å². The number of nitrogens with zero attached hydrogens (tertiary/aromatic N) is 4. The van der Waals surface area contributed by atoms with Crippen LogP contribution in [0.1, 0.15) is 41.0 Å². The molecular formula is C19H16F5N5O. The van der Waals surface area contributed by atoms with Gasteiger partial charge in [0.15, 0.2) is 11.4 Å². The van der Waals surface area contributed by atoms with Crippen molar-refractivity contribution in [1.82, 2.24) is 10.2 Å². The van der Waals surface area contributed by atoms with Crippen LogP contribution < -0.4 is 10.2 Å². The number of rotatable bonds is 3. The van der Waals surface area contributed by atoms with E-state index in [2.05, 4.69) is 15.5 Å². The molecule has 1 aliphatic rings. The number of aromatic nitrogens is 2. The summed E-state index contributed by atoms with van der Waals surface area (Å²) >= 11 is 0. The number of benzene rings is 1. The van der Waals surface area contributed by atoms with E-state index >= 15 is 0 Å². The summed E-state index contributed by atoms with van der Waals surface area (Å²) in [5.41, 5.74) is -1.47. The molecule has 1 N–H and O–H groups in total. The third kappa shape index (κ3) is 5.00. The van der Waals surface area contributed by atoms with E-state index in [1.807, 2.05) is 6.07 Å². The third-order valence-electron chi connectivity index (χ3n) is 4.59. The fourth-order valence-corrected chi connectivity index (χ4v) is 3.08. The number of nitrogens with one attached hydrogen (secondary N) is 1. The van der Waals surface area contributed by atoms with Crippen LogP contribution in [0.25, 0.3) is 0 Å². The van der Waals surface area contributed by atoms with E-state index in [1.54, 1.807) is 0 Å².